The van der Waals surface area contributed by atoms with Gasteiger partial charge >= 0.3 is 0 Å². The maximum absolute atomic E-state index is 12.6. The average Bonchev–Trinajstić information content (AvgIpc) is 3.40. The fraction of sp³-hybridized carbons (Fsp3) is 0.632. The van der Waals surface area contributed by atoms with E-state index < -0.39 is 10.0 Å². The Kier molecular flexibility index (Phi) is 5.99. The van der Waals surface area contributed by atoms with Crippen molar-refractivity contribution < 1.29 is 13.2 Å². The van der Waals surface area contributed by atoms with Gasteiger partial charge in [-0.05, 0) is 44.2 Å². The number of amides is 1. The van der Waals surface area contributed by atoms with Gasteiger partial charge in [-0.1, -0.05) is 29.8 Å². The Bertz CT molecular complexity index is 729. The summed E-state index contributed by atoms with van der Waals surface area (Å²) in [7, 11) is -3.16. The number of rotatable bonds is 6. The summed E-state index contributed by atoms with van der Waals surface area (Å²) in [6.07, 6.45) is 4.32. The maximum Gasteiger partial charge on any atom is 0.234 e. The van der Waals surface area contributed by atoms with Crippen molar-refractivity contribution in [2.45, 2.75) is 32.2 Å². The van der Waals surface area contributed by atoms with Gasteiger partial charge in [-0.25, -0.2) is 12.7 Å². The summed E-state index contributed by atoms with van der Waals surface area (Å²) in [6.45, 7) is 4.72. The third-order valence-electron chi connectivity index (χ3n) is 5.23. The molecule has 6 nitrogen and oxygen atoms in total. The topological polar surface area (TPSA) is 69.7 Å². The first-order valence-corrected chi connectivity index (χ1v) is 11.2. The van der Waals surface area contributed by atoms with E-state index in [1.165, 1.54) is 21.7 Å². The van der Waals surface area contributed by atoms with Crippen molar-refractivity contribution in [3.8, 4) is 0 Å². The van der Waals surface area contributed by atoms with E-state index in [4.69, 9.17) is 0 Å². The molecule has 26 heavy (non-hydrogen) atoms. The quantitative estimate of drug-likeness (QED) is 0.814. The molecule has 1 aliphatic heterocycles. The van der Waals surface area contributed by atoms with Crippen LogP contribution < -0.4 is 5.32 Å². The minimum atomic E-state index is -3.16. The van der Waals surface area contributed by atoms with Crippen LogP contribution >= 0.6 is 0 Å². The predicted molar refractivity (Wildman–Crippen MR) is 102 cm³/mol. The predicted octanol–water partition coefficient (Wildman–Crippen LogP) is 1.53. The molecule has 2 aliphatic rings. The molecule has 1 aromatic carbocycles. The standard InChI is InChI=1S/C19H29N3O3S/c1-15-4-6-16(7-5-15)19(17-8-9-17)20-18(23)14-21-10-3-11-22(13-12-21)26(2,24)25/h4-7,17,19H,3,8-14H2,1-2H3,(H,20,23)/t19-/m1/s1. The van der Waals surface area contributed by atoms with Crippen molar-refractivity contribution >= 4 is 15.9 Å². The van der Waals surface area contributed by atoms with Gasteiger partial charge in [-0.3, -0.25) is 9.69 Å². The SMILES string of the molecule is Cc1ccc([C@@H](NC(=O)CN2CCCN(S(C)(=O)=O)CC2)C2CC2)cc1. The van der Waals surface area contributed by atoms with Crippen molar-refractivity contribution in [3.63, 3.8) is 0 Å². The first-order chi connectivity index (χ1) is 12.3. The normalized spacial score (nSPS) is 21.2. The zero-order chi connectivity index (χ0) is 18.7. The summed E-state index contributed by atoms with van der Waals surface area (Å²) in [6, 6.07) is 8.47. The van der Waals surface area contributed by atoms with Crippen molar-refractivity contribution in [1.82, 2.24) is 14.5 Å². The first-order valence-electron chi connectivity index (χ1n) is 9.36. The van der Waals surface area contributed by atoms with E-state index in [1.807, 2.05) is 0 Å². The number of nitrogens with one attached hydrogen (secondary N) is 1. The Balaban J connectivity index is 1.56. The van der Waals surface area contributed by atoms with Gasteiger partial charge in [0.05, 0.1) is 18.8 Å². The minimum Gasteiger partial charge on any atom is -0.348 e. The van der Waals surface area contributed by atoms with Crippen molar-refractivity contribution in [3.05, 3.63) is 35.4 Å². The zero-order valence-electron chi connectivity index (χ0n) is 15.6. The highest BCUT2D eigenvalue weighted by Crippen LogP contribution is 2.41. The molecule has 0 aromatic heterocycles. The highest BCUT2D eigenvalue weighted by Gasteiger charge is 2.33. The van der Waals surface area contributed by atoms with Crippen LogP contribution in [0.15, 0.2) is 24.3 Å². The van der Waals surface area contributed by atoms with Crippen LogP contribution in [0.1, 0.15) is 36.4 Å². The van der Waals surface area contributed by atoms with Gasteiger partial charge in [-0.15, -0.1) is 0 Å². The van der Waals surface area contributed by atoms with Crippen LogP contribution in [0, 0.1) is 12.8 Å². The fourth-order valence-corrected chi connectivity index (χ4v) is 4.41. The summed E-state index contributed by atoms with van der Waals surface area (Å²) in [4.78, 5) is 14.7. The molecule has 0 spiro atoms. The second kappa shape index (κ2) is 8.06. The first kappa shape index (κ1) is 19.3. The molecular weight excluding hydrogens is 350 g/mol. The average molecular weight is 380 g/mol. The number of hydrogen-bond donors (Lipinski definition) is 1. The Morgan fingerprint density at radius 3 is 2.46 bits per heavy atom. The van der Waals surface area contributed by atoms with E-state index >= 15 is 0 Å². The molecule has 7 heteroatoms. The lowest BCUT2D eigenvalue weighted by molar-refractivity contribution is -0.123. The summed E-state index contributed by atoms with van der Waals surface area (Å²) < 4.78 is 24.9. The second-order valence-corrected chi connectivity index (χ2v) is 9.57. The molecular formula is C19H29N3O3S. The molecule has 0 bridgehead atoms. The Morgan fingerprint density at radius 1 is 1.15 bits per heavy atom. The van der Waals surface area contributed by atoms with Crippen LogP contribution in [0.2, 0.25) is 0 Å². The van der Waals surface area contributed by atoms with Crippen molar-refractivity contribution in [2.75, 3.05) is 39.0 Å². The lowest BCUT2D eigenvalue weighted by Gasteiger charge is -2.23. The van der Waals surface area contributed by atoms with E-state index in [9.17, 15) is 13.2 Å². The van der Waals surface area contributed by atoms with Gasteiger partial charge < -0.3 is 5.32 Å². The van der Waals surface area contributed by atoms with Crippen LogP contribution in [-0.2, 0) is 14.8 Å². The third kappa shape index (κ3) is 5.28. The minimum absolute atomic E-state index is 0.0234. The molecule has 0 radical (unpaired) electrons. The second-order valence-electron chi connectivity index (χ2n) is 7.59. The van der Waals surface area contributed by atoms with Crippen LogP contribution in [-0.4, -0.2) is 62.5 Å². The van der Waals surface area contributed by atoms with E-state index in [0.29, 0.717) is 32.1 Å². The van der Waals surface area contributed by atoms with Crippen LogP contribution in [0.5, 0.6) is 0 Å². The van der Waals surface area contributed by atoms with Gasteiger partial charge in [0.2, 0.25) is 15.9 Å². The highest BCUT2D eigenvalue weighted by molar-refractivity contribution is 7.88. The summed E-state index contributed by atoms with van der Waals surface area (Å²) >= 11 is 0. The summed E-state index contributed by atoms with van der Waals surface area (Å²) in [5.74, 6) is 0.557. The van der Waals surface area contributed by atoms with Gasteiger partial charge in [-0.2, -0.15) is 0 Å². The molecule has 1 N–H and O–H groups in total. The zero-order valence-corrected chi connectivity index (χ0v) is 16.5. The number of nitrogens with zero attached hydrogens (tertiary/aromatic N) is 2. The van der Waals surface area contributed by atoms with Gasteiger partial charge in [0.15, 0.2) is 0 Å². The van der Waals surface area contributed by atoms with E-state index in [2.05, 4.69) is 41.4 Å². The molecule has 1 atom stereocenters. The lowest BCUT2D eigenvalue weighted by atomic mass is 10.0. The highest BCUT2D eigenvalue weighted by atomic mass is 32.2. The van der Waals surface area contributed by atoms with Gasteiger partial charge in [0, 0.05) is 19.6 Å². The molecule has 1 saturated carbocycles. The third-order valence-corrected chi connectivity index (χ3v) is 6.53. The summed E-state index contributed by atoms with van der Waals surface area (Å²) in [5, 5.41) is 3.21. The molecule has 144 valence electrons. The van der Waals surface area contributed by atoms with Crippen LogP contribution in [0.25, 0.3) is 0 Å². The van der Waals surface area contributed by atoms with Crippen LogP contribution in [0.4, 0.5) is 0 Å². The number of aryl methyl sites for hydroxylation is 1. The number of sulfonamides is 1. The molecule has 3 rings (SSSR count). The molecule has 2 fully saturated rings. The van der Waals surface area contributed by atoms with Gasteiger partial charge in [0.1, 0.15) is 0 Å². The van der Waals surface area contributed by atoms with E-state index in [-0.39, 0.29) is 11.9 Å². The number of hydrogen-bond acceptors (Lipinski definition) is 4. The van der Waals surface area contributed by atoms with Crippen molar-refractivity contribution in [1.29, 1.82) is 0 Å². The Hall–Kier alpha value is -1.44. The molecule has 1 heterocycles. The van der Waals surface area contributed by atoms with E-state index in [1.54, 1.807) is 0 Å². The molecule has 1 amide bonds. The monoisotopic (exact) mass is 379 g/mol. The molecule has 1 aromatic rings. The van der Waals surface area contributed by atoms with Gasteiger partial charge in [0.25, 0.3) is 0 Å². The number of carbonyl (C=O) groups excluding carboxylic acids is 1. The lowest BCUT2D eigenvalue weighted by Crippen LogP contribution is -2.41. The molecule has 1 aliphatic carbocycles. The Labute approximate surface area is 156 Å². The van der Waals surface area contributed by atoms with Crippen LogP contribution in [0.3, 0.4) is 0 Å². The fourth-order valence-electron chi connectivity index (χ4n) is 3.54. The van der Waals surface area contributed by atoms with Crippen molar-refractivity contribution in [2.24, 2.45) is 5.92 Å². The largest absolute Gasteiger partial charge is 0.348 e. The number of carbonyl (C=O) groups is 1. The Morgan fingerprint density at radius 2 is 1.85 bits per heavy atom. The summed E-state index contributed by atoms with van der Waals surface area (Å²) in [5.41, 5.74) is 2.39. The maximum atomic E-state index is 12.6. The van der Waals surface area contributed by atoms with E-state index in [0.717, 1.165) is 25.8 Å². The molecule has 0 unspecified atom stereocenters. The molecule has 1 saturated heterocycles. The number of benzene rings is 1. The smallest absolute Gasteiger partial charge is 0.234 e.